The van der Waals surface area contributed by atoms with Gasteiger partial charge in [-0.1, -0.05) is 54.6 Å². The molecule has 5 atom stereocenters. The fourth-order valence-corrected chi connectivity index (χ4v) is 5.67. The zero-order chi connectivity index (χ0) is 35.7. The second-order valence-electron chi connectivity index (χ2n) is 16.0. The molecule has 3 aromatic carbocycles. The maximum atomic E-state index is 13.7. The van der Waals surface area contributed by atoms with Crippen LogP contribution in [0.15, 0.2) is 66.7 Å². The van der Waals surface area contributed by atoms with Crippen LogP contribution < -0.4 is 10.5 Å². The molecule has 2 heterocycles. The van der Waals surface area contributed by atoms with Gasteiger partial charge in [-0.25, -0.2) is 0 Å². The third kappa shape index (κ3) is 8.39. The van der Waals surface area contributed by atoms with E-state index < -0.39 is 71.6 Å². The predicted octanol–water partition coefficient (Wildman–Crippen LogP) is 6.56. The summed E-state index contributed by atoms with van der Waals surface area (Å²) in [6, 6.07) is 20.8. The van der Waals surface area contributed by atoms with Gasteiger partial charge >= 0.3 is 24.9 Å². The first kappa shape index (κ1) is 36.2. The fourth-order valence-electron chi connectivity index (χ4n) is 5.67. The van der Waals surface area contributed by atoms with Gasteiger partial charge in [0, 0.05) is 16.8 Å². The fraction of sp³-hybridized carbons (Fsp3) is 0.500. The van der Waals surface area contributed by atoms with E-state index in [1.54, 1.807) is 62.3 Å². The lowest BCUT2D eigenvalue weighted by Crippen LogP contribution is -2.68. The molecule has 2 aliphatic heterocycles. The van der Waals surface area contributed by atoms with Crippen molar-refractivity contribution in [1.29, 1.82) is 0 Å². The summed E-state index contributed by atoms with van der Waals surface area (Å²) in [7, 11) is 0. The van der Waals surface area contributed by atoms with Gasteiger partial charge in [0.05, 0.1) is 22.9 Å². The number of nitrogens with one attached hydrogen (secondary N) is 2. The van der Waals surface area contributed by atoms with Gasteiger partial charge in [0.25, 0.3) is 0 Å². The van der Waals surface area contributed by atoms with E-state index in [1.165, 1.54) is 0 Å². The van der Waals surface area contributed by atoms with Crippen LogP contribution in [-0.2, 0) is 44.7 Å². The van der Waals surface area contributed by atoms with Crippen molar-refractivity contribution in [3.05, 3.63) is 72.3 Å². The maximum absolute atomic E-state index is 13.7. The monoisotopic (exact) mass is 672 g/mol. The van der Waals surface area contributed by atoms with Crippen LogP contribution in [0.25, 0.3) is 10.8 Å². The molecule has 0 bridgehead atoms. The van der Waals surface area contributed by atoms with E-state index in [9.17, 15) is 14.4 Å². The number of carbonyl (C=O) groups excluding carboxylic acids is 3. The Hall–Kier alpha value is -4.09. The number of carbonyl (C=O) groups is 3. The molecule has 0 aliphatic carbocycles. The zero-order valence-electron chi connectivity index (χ0n) is 30.0. The molecule has 3 aromatic rings. The third-order valence-electron chi connectivity index (χ3n) is 8.51. The molecule has 1 unspecified atom stereocenters. The summed E-state index contributed by atoms with van der Waals surface area (Å²) in [5, 5.41) is 9.25. The SMILES string of the molecule is CC(C)(C)C(=O)OC[C@H]1OC(B2Nc3cccc4cccc(c34)N2)[C@H](OCc2ccccc2)[C@@H](OC(=O)C(C)(C)C)[C@@H]1OC(=O)C(C)(C)C. The minimum Gasteiger partial charge on any atom is -0.462 e. The highest BCUT2D eigenvalue weighted by atomic mass is 16.6. The van der Waals surface area contributed by atoms with Gasteiger partial charge in [0.1, 0.15) is 24.8 Å². The lowest BCUT2D eigenvalue weighted by atomic mass is 9.62. The lowest BCUT2D eigenvalue weighted by Gasteiger charge is -2.48. The average molecular weight is 673 g/mol. The highest BCUT2D eigenvalue weighted by molar-refractivity contribution is 6.69. The molecule has 5 rings (SSSR count). The molecule has 0 spiro atoms. The Morgan fingerprint density at radius 3 is 1.73 bits per heavy atom. The largest absolute Gasteiger partial charge is 0.462 e. The molecule has 11 heteroatoms. The number of anilines is 2. The molecule has 1 saturated heterocycles. The summed E-state index contributed by atoms with van der Waals surface area (Å²) in [6.45, 7) is 15.1. The van der Waals surface area contributed by atoms with Gasteiger partial charge in [0.15, 0.2) is 12.2 Å². The standard InChI is InChI=1S/C38H49BN2O8/c1-36(2,3)33(42)46-22-27-29(48-34(43)37(4,5)6)30(49-35(44)38(7,8)9)31(45-21-23-15-11-10-12-16-23)32(47-27)39-40-25-19-13-17-24-18-14-20-26(41-39)28(24)25/h10-20,27,29-32,40-41H,21-22H2,1-9H3/t27-,29-,30+,31-,32?/m1/s1. The Morgan fingerprint density at radius 2 is 1.20 bits per heavy atom. The van der Waals surface area contributed by atoms with E-state index in [-0.39, 0.29) is 13.2 Å². The lowest BCUT2D eigenvalue weighted by molar-refractivity contribution is -0.250. The Morgan fingerprint density at radius 1 is 0.673 bits per heavy atom. The molecular formula is C38H49BN2O8. The highest BCUT2D eigenvalue weighted by Gasteiger charge is 2.56. The van der Waals surface area contributed by atoms with Crippen LogP contribution in [0.3, 0.4) is 0 Å². The molecule has 2 N–H and O–H groups in total. The second kappa shape index (κ2) is 14.0. The summed E-state index contributed by atoms with van der Waals surface area (Å²) in [6.07, 6.45) is -4.24. The van der Waals surface area contributed by atoms with Gasteiger partial charge in [-0.2, -0.15) is 0 Å². The van der Waals surface area contributed by atoms with E-state index in [2.05, 4.69) is 10.5 Å². The van der Waals surface area contributed by atoms with Gasteiger partial charge in [0.2, 0.25) is 0 Å². The van der Waals surface area contributed by atoms with Crippen LogP contribution in [0.4, 0.5) is 11.4 Å². The smallest absolute Gasteiger partial charge is 0.403 e. The van der Waals surface area contributed by atoms with Gasteiger partial charge in [-0.15, -0.1) is 0 Å². The predicted molar refractivity (Wildman–Crippen MR) is 190 cm³/mol. The second-order valence-corrected chi connectivity index (χ2v) is 16.0. The van der Waals surface area contributed by atoms with E-state index >= 15 is 0 Å². The Bertz CT molecular complexity index is 1620. The summed E-state index contributed by atoms with van der Waals surface area (Å²) in [5.74, 6) is -1.48. The van der Waals surface area contributed by atoms with Gasteiger partial charge in [-0.05, 0) is 85.4 Å². The number of rotatable bonds is 8. The van der Waals surface area contributed by atoms with Crippen molar-refractivity contribution < 1.29 is 38.1 Å². The normalized spacial score (nSPS) is 22.5. The minimum atomic E-state index is -1.16. The van der Waals surface area contributed by atoms with Gasteiger partial charge in [-0.3, -0.25) is 14.4 Å². The maximum Gasteiger partial charge on any atom is 0.403 e. The zero-order valence-corrected chi connectivity index (χ0v) is 30.0. The van der Waals surface area contributed by atoms with Crippen molar-refractivity contribution in [3.8, 4) is 0 Å². The highest BCUT2D eigenvalue weighted by Crippen LogP contribution is 2.39. The molecule has 0 saturated carbocycles. The first-order valence-electron chi connectivity index (χ1n) is 16.9. The Labute approximate surface area is 289 Å². The number of hydrogen-bond donors (Lipinski definition) is 2. The Kier molecular flexibility index (Phi) is 10.4. The van der Waals surface area contributed by atoms with E-state index in [0.717, 1.165) is 27.7 Å². The first-order valence-corrected chi connectivity index (χ1v) is 16.9. The summed E-state index contributed by atoms with van der Waals surface area (Å²) in [5.41, 5.74) is 0.105. The number of benzene rings is 3. The number of ether oxygens (including phenoxy) is 5. The van der Waals surface area contributed by atoms with Gasteiger partial charge < -0.3 is 34.1 Å². The average Bonchev–Trinajstić information content (AvgIpc) is 3.03. The molecule has 49 heavy (non-hydrogen) atoms. The molecule has 0 amide bonds. The molecule has 0 aromatic heterocycles. The summed E-state index contributed by atoms with van der Waals surface area (Å²) < 4.78 is 31.8. The van der Waals surface area contributed by atoms with Crippen molar-refractivity contribution in [3.63, 3.8) is 0 Å². The Balaban J connectivity index is 1.60. The molecule has 1 fully saturated rings. The number of hydrogen-bond acceptors (Lipinski definition) is 10. The van der Waals surface area contributed by atoms with Crippen LogP contribution in [0.2, 0.25) is 0 Å². The third-order valence-corrected chi connectivity index (χ3v) is 8.51. The van der Waals surface area contributed by atoms with Crippen molar-refractivity contribution in [1.82, 2.24) is 0 Å². The van der Waals surface area contributed by atoms with Crippen molar-refractivity contribution in [2.75, 3.05) is 17.1 Å². The molecule has 10 nitrogen and oxygen atoms in total. The van der Waals surface area contributed by atoms with Crippen LogP contribution in [-0.4, -0.2) is 61.9 Å². The topological polar surface area (TPSA) is 121 Å². The molecule has 262 valence electrons. The summed E-state index contributed by atoms with van der Waals surface area (Å²) >= 11 is 0. The van der Waals surface area contributed by atoms with Crippen LogP contribution >= 0.6 is 0 Å². The molecule has 0 radical (unpaired) electrons. The molecule has 2 aliphatic rings. The van der Waals surface area contributed by atoms with Crippen LogP contribution in [0, 0.1) is 16.2 Å². The quantitative estimate of drug-likeness (QED) is 0.155. The van der Waals surface area contributed by atoms with E-state index in [1.807, 2.05) is 66.7 Å². The van der Waals surface area contributed by atoms with Crippen LogP contribution in [0.1, 0.15) is 67.9 Å². The minimum absolute atomic E-state index is 0.164. The van der Waals surface area contributed by atoms with E-state index in [4.69, 9.17) is 23.7 Å². The van der Waals surface area contributed by atoms with Crippen molar-refractivity contribution in [2.45, 2.75) is 99.3 Å². The van der Waals surface area contributed by atoms with Crippen LogP contribution in [0.5, 0.6) is 0 Å². The summed E-state index contributed by atoms with van der Waals surface area (Å²) in [4.78, 5) is 40.2. The first-order chi connectivity index (χ1) is 22.9. The molecular weight excluding hydrogens is 623 g/mol. The van der Waals surface area contributed by atoms with E-state index in [0.29, 0.717) is 0 Å². The number of esters is 3. The van der Waals surface area contributed by atoms with Crippen molar-refractivity contribution >= 4 is 47.0 Å². The van der Waals surface area contributed by atoms with Crippen molar-refractivity contribution in [2.24, 2.45) is 16.2 Å².